The van der Waals surface area contributed by atoms with Crippen molar-refractivity contribution in [2.75, 3.05) is 18.6 Å². The van der Waals surface area contributed by atoms with E-state index in [9.17, 15) is 24.8 Å². The second-order valence-electron chi connectivity index (χ2n) is 5.20. The van der Waals surface area contributed by atoms with E-state index >= 15 is 0 Å². The second-order valence-corrected chi connectivity index (χ2v) is 6.19. The van der Waals surface area contributed by atoms with Crippen LogP contribution in [0.25, 0.3) is 0 Å². The number of nitrogens with zero attached hydrogens (tertiary/aromatic N) is 1. The zero-order valence-corrected chi connectivity index (χ0v) is 14.4. The number of urea groups is 1. The maximum Gasteiger partial charge on any atom is 0.338 e. The third-order valence-corrected chi connectivity index (χ3v) is 4.11. The summed E-state index contributed by atoms with van der Waals surface area (Å²) < 4.78 is 5.19. The van der Waals surface area contributed by atoms with Crippen molar-refractivity contribution in [3.8, 4) is 5.75 Å². The average Bonchev–Trinajstić information content (AvgIpc) is 2.54. The van der Waals surface area contributed by atoms with Crippen LogP contribution in [-0.2, 0) is 9.53 Å². The van der Waals surface area contributed by atoms with E-state index in [1.807, 2.05) is 6.26 Å². The molecule has 0 fully saturated rings. The topological polar surface area (TPSA) is 131 Å². The molecule has 1 unspecified atom stereocenters. The summed E-state index contributed by atoms with van der Waals surface area (Å²) in [4.78, 5) is 34.4. The summed E-state index contributed by atoms with van der Waals surface area (Å²) in [5, 5.41) is 25.6. The summed E-state index contributed by atoms with van der Waals surface area (Å²) in [6, 6.07) is 2.21. The number of nitro groups is 1. The zero-order chi connectivity index (χ0) is 18.6. The van der Waals surface area contributed by atoms with Crippen molar-refractivity contribution >= 4 is 29.4 Å². The maximum absolute atomic E-state index is 12.4. The van der Waals surface area contributed by atoms with E-state index in [2.05, 4.69) is 10.6 Å². The van der Waals surface area contributed by atoms with Crippen LogP contribution in [0.3, 0.4) is 0 Å². The summed E-state index contributed by atoms with van der Waals surface area (Å²) >= 11 is 1.51. The highest BCUT2D eigenvalue weighted by Crippen LogP contribution is 2.33. The lowest BCUT2D eigenvalue weighted by Crippen LogP contribution is -2.45. The van der Waals surface area contributed by atoms with E-state index in [0.29, 0.717) is 11.4 Å². The number of nitrogens with one attached hydrogen (secondary N) is 2. The number of hydrogen-bond acceptors (Lipinski definition) is 7. The Morgan fingerprint density at radius 2 is 2.20 bits per heavy atom. The molecule has 9 nitrogen and oxygen atoms in total. The van der Waals surface area contributed by atoms with Crippen LogP contribution in [0, 0.1) is 10.1 Å². The largest absolute Gasteiger partial charge is 0.502 e. The summed E-state index contributed by atoms with van der Waals surface area (Å²) in [7, 11) is 0. The Balaban J connectivity index is 2.40. The van der Waals surface area contributed by atoms with Gasteiger partial charge >= 0.3 is 17.7 Å². The van der Waals surface area contributed by atoms with Crippen molar-refractivity contribution in [3.05, 3.63) is 45.1 Å². The number of rotatable bonds is 6. The molecule has 0 saturated carbocycles. The van der Waals surface area contributed by atoms with Gasteiger partial charge in [-0.3, -0.25) is 10.1 Å². The molecule has 1 aromatic carbocycles. The van der Waals surface area contributed by atoms with Gasteiger partial charge in [0.15, 0.2) is 5.75 Å². The fourth-order valence-corrected chi connectivity index (χ4v) is 2.63. The first kappa shape index (κ1) is 18.6. The Bertz CT molecular complexity index is 749. The fourth-order valence-electron chi connectivity index (χ4n) is 2.38. The van der Waals surface area contributed by atoms with E-state index in [0.717, 1.165) is 12.1 Å². The molecule has 2 amide bonds. The number of amides is 2. The third kappa shape index (κ3) is 4.21. The number of aromatic hydroxyl groups is 1. The van der Waals surface area contributed by atoms with Gasteiger partial charge in [-0.1, -0.05) is 6.07 Å². The smallest absolute Gasteiger partial charge is 0.338 e. The Labute approximate surface area is 147 Å². The van der Waals surface area contributed by atoms with Gasteiger partial charge in [0.05, 0.1) is 16.5 Å². The molecule has 1 atom stereocenters. The first-order valence-corrected chi connectivity index (χ1v) is 8.66. The molecule has 1 aliphatic heterocycles. The van der Waals surface area contributed by atoms with Crippen LogP contribution < -0.4 is 10.6 Å². The predicted molar refractivity (Wildman–Crippen MR) is 91.2 cm³/mol. The summed E-state index contributed by atoms with van der Waals surface area (Å²) in [5.41, 5.74) is 0.230. The van der Waals surface area contributed by atoms with Gasteiger partial charge in [-0.2, -0.15) is 11.8 Å². The van der Waals surface area contributed by atoms with Gasteiger partial charge in [0.2, 0.25) is 0 Å². The summed E-state index contributed by atoms with van der Waals surface area (Å²) in [5.74, 6) is -0.508. The molecule has 134 valence electrons. The number of phenols is 1. The molecule has 3 N–H and O–H groups in total. The molecular formula is C15H17N3O6S. The van der Waals surface area contributed by atoms with Gasteiger partial charge in [0.1, 0.15) is 6.61 Å². The number of carbonyl (C=O) groups excluding carboxylic acids is 2. The minimum absolute atomic E-state index is 0.153. The van der Waals surface area contributed by atoms with Crippen LogP contribution >= 0.6 is 11.8 Å². The minimum Gasteiger partial charge on any atom is -0.502 e. The number of hydrogen-bond donors (Lipinski definition) is 3. The van der Waals surface area contributed by atoms with E-state index in [-0.39, 0.29) is 17.7 Å². The standard InChI is InChI=1S/C15H17N3O6S/c1-8-12(14(20)24-5-6-25-2)13(17-15(21)16-8)9-3-4-11(19)10(7-9)18(22)23/h3-4,7,13,19H,5-6H2,1-2H3,(H2,16,17,21). The molecule has 25 heavy (non-hydrogen) atoms. The number of thioether (sulfide) groups is 1. The third-order valence-electron chi connectivity index (χ3n) is 3.54. The SMILES string of the molecule is CSCCOC(=O)C1=C(C)NC(=O)NC1c1ccc(O)c([N+](=O)[O-])c1. The highest BCUT2D eigenvalue weighted by Gasteiger charge is 2.33. The lowest BCUT2D eigenvalue weighted by molar-refractivity contribution is -0.385. The Morgan fingerprint density at radius 1 is 1.48 bits per heavy atom. The monoisotopic (exact) mass is 367 g/mol. The fraction of sp³-hybridized carbons (Fsp3) is 0.333. The molecular weight excluding hydrogens is 350 g/mol. The normalized spacial score (nSPS) is 16.9. The van der Waals surface area contributed by atoms with Crippen LogP contribution in [0.4, 0.5) is 10.5 Å². The van der Waals surface area contributed by atoms with Gasteiger partial charge in [0.25, 0.3) is 0 Å². The molecule has 0 aromatic heterocycles. The Kier molecular flexibility index (Phi) is 5.86. The van der Waals surface area contributed by atoms with Crippen molar-refractivity contribution in [1.29, 1.82) is 0 Å². The van der Waals surface area contributed by atoms with Crippen LogP contribution in [0.2, 0.25) is 0 Å². The quantitative estimate of drug-likeness (QED) is 0.302. The van der Waals surface area contributed by atoms with Gasteiger partial charge in [-0.25, -0.2) is 9.59 Å². The number of esters is 1. The number of allylic oxidation sites excluding steroid dienone is 1. The number of carbonyl (C=O) groups is 2. The number of nitro benzene ring substituents is 1. The highest BCUT2D eigenvalue weighted by molar-refractivity contribution is 7.98. The molecule has 1 aliphatic rings. The van der Waals surface area contributed by atoms with Gasteiger partial charge in [-0.05, 0) is 24.8 Å². The molecule has 0 spiro atoms. The first-order chi connectivity index (χ1) is 11.8. The molecule has 0 bridgehead atoms. The summed E-state index contributed by atoms with van der Waals surface area (Å²) in [6.45, 7) is 1.75. The molecule has 10 heteroatoms. The predicted octanol–water partition coefficient (Wildman–Crippen LogP) is 1.83. The lowest BCUT2D eigenvalue weighted by atomic mass is 9.95. The molecule has 1 heterocycles. The van der Waals surface area contributed by atoms with Crippen LogP contribution in [-0.4, -0.2) is 40.6 Å². The number of ether oxygens (including phenoxy) is 1. The zero-order valence-electron chi connectivity index (χ0n) is 13.6. The molecule has 0 saturated heterocycles. The van der Waals surface area contributed by atoms with Crippen molar-refractivity contribution in [2.24, 2.45) is 0 Å². The van der Waals surface area contributed by atoms with Gasteiger partial charge in [-0.15, -0.1) is 0 Å². The highest BCUT2D eigenvalue weighted by atomic mass is 32.2. The van der Waals surface area contributed by atoms with Crippen LogP contribution in [0.15, 0.2) is 29.5 Å². The van der Waals surface area contributed by atoms with E-state index in [4.69, 9.17) is 4.74 Å². The van der Waals surface area contributed by atoms with E-state index < -0.39 is 34.4 Å². The molecule has 0 aliphatic carbocycles. The maximum atomic E-state index is 12.4. The summed E-state index contributed by atoms with van der Waals surface area (Å²) in [6.07, 6.45) is 1.87. The minimum atomic E-state index is -0.921. The van der Waals surface area contributed by atoms with Crippen LogP contribution in [0.1, 0.15) is 18.5 Å². The van der Waals surface area contributed by atoms with E-state index in [1.54, 1.807) is 6.92 Å². The molecule has 0 radical (unpaired) electrons. The van der Waals surface area contributed by atoms with Crippen LogP contribution in [0.5, 0.6) is 5.75 Å². The second kappa shape index (κ2) is 7.88. The Hall–Kier alpha value is -2.75. The lowest BCUT2D eigenvalue weighted by Gasteiger charge is -2.28. The van der Waals surface area contributed by atoms with Crippen molar-refractivity contribution in [1.82, 2.24) is 10.6 Å². The number of phenolic OH excluding ortho intramolecular Hbond substituents is 1. The van der Waals surface area contributed by atoms with Crippen molar-refractivity contribution in [3.63, 3.8) is 0 Å². The number of benzene rings is 1. The van der Waals surface area contributed by atoms with Crippen molar-refractivity contribution < 1.29 is 24.4 Å². The van der Waals surface area contributed by atoms with Gasteiger partial charge < -0.3 is 20.5 Å². The van der Waals surface area contributed by atoms with Gasteiger partial charge in [0, 0.05) is 17.5 Å². The van der Waals surface area contributed by atoms with E-state index in [1.165, 1.54) is 17.8 Å². The average molecular weight is 367 g/mol. The molecule has 2 rings (SSSR count). The molecule has 1 aromatic rings. The first-order valence-electron chi connectivity index (χ1n) is 7.26. The Morgan fingerprint density at radius 3 is 2.84 bits per heavy atom. The van der Waals surface area contributed by atoms with Crippen molar-refractivity contribution in [2.45, 2.75) is 13.0 Å².